The molecule has 0 aliphatic carbocycles. The molecule has 8 heteroatoms. The van der Waals surface area contributed by atoms with Crippen LogP contribution in [0.1, 0.15) is 32.1 Å². The molecule has 4 N–H and O–H groups in total. The first-order chi connectivity index (χ1) is 10.6. The number of carbonyl (C=O) groups excluding carboxylic acids is 1. The molecule has 1 heterocycles. The summed E-state index contributed by atoms with van der Waals surface area (Å²) >= 11 is 0. The van der Waals surface area contributed by atoms with Gasteiger partial charge in [-0.2, -0.15) is 10.5 Å². The fourth-order valence-corrected chi connectivity index (χ4v) is 2.43. The van der Waals surface area contributed by atoms with Gasteiger partial charge in [0.05, 0.1) is 12.1 Å². The highest BCUT2D eigenvalue weighted by atomic mass is 16.2. The number of nitriles is 2. The predicted octanol–water partition coefficient (Wildman–Crippen LogP) is -0.355. The van der Waals surface area contributed by atoms with E-state index in [0.717, 1.165) is 25.7 Å². The first kappa shape index (κ1) is 17.7. The van der Waals surface area contributed by atoms with Crippen molar-refractivity contribution in [1.82, 2.24) is 15.5 Å². The monoisotopic (exact) mass is 305 g/mol. The second-order valence-electron chi connectivity index (χ2n) is 5.16. The zero-order valence-corrected chi connectivity index (χ0v) is 12.9. The largest absolute Gasteiger partial charge is 0.359 e. The number of hydrogen-bond acceptors (Lipinski definition) is 5. The Morgan fingerprint density at radius 1 is 1.50 bits per heavy atom. The lowest BCUT2D eigenvalue weighted by Gasteiger charge is -2.23. The van der Waals surface area contributed by atoms with Gasteiger partial charge in [-0.3, -0.25) is 4.79 Å². The number of hydrogen-bond donors (Lipinski definition) is 3. The highest BCUT2D eigenvalue weighted by Crippen LogP contribution is 2.18. The summed E-state index contributed by atoms with van der Waals surface area (Å²) in [5.74, 6) is 0.302. The molecule has 0 spiro atoms. The van der Waals surface area contributed by atoms with Crippen molar-refractivity contribution in [2.24, 2.45) is 10.7 Å². The van der Waals surface area contributed by atoms with Crippen molar-refractivity contribution >= 4 is 11.9 Å². The Morgan fingerprint density at radius 3 is 2.91 bits per heavy atom. The second-order valence-corrected chi connectivity index (χ2v) is 5.16. The summed E-state index contributed by atoms with van der Waals surface area (Å²) in [7, 11) is 1.68. The van der Waals surface area contributed by atoms with E-state index in [4.69, 9.17) is 16.3 Å². The molecule has 22 heavy (non-hydrogen) atoms. The van der Waals surface area contributed by atoms with Crippen LogP contribution >= 0.6 is 0 Å². The van der Waals surface area contributed by atoms with Gasteiger partial charge in [0.15, 0.2) is 0 Å². The van der Waals surface area contributed by atoms with Gasteiger partial charge in [0, 0.05) is 20.1 Å². The summed E-state index contributed by atoms with van der Waals surface area (Å²) in [6.07, 6.45) is 5.49. The van der Waals surface area contributed by atoms with E-state index >= 15 is 0 Å². The van der Waals surface area contributed by atoms with Crippen molar-refractivity contribution in [1.29, 1.82) is 10.5 Å². The fraction of sp³-hybridized carbons (Fsp3) is 0.714. The lowest BCUT2D eigenvalue weighted by molar-refractivity contribution is -0.132. The Bertz CT molecular complexity index is 477. The van der Waals surface area contributed by atoms with E-state index in [9.17, 15) is 4.79 Å². The number of guanidine groups is 1. The van der Waals surface area contributed by atoms with Gasteiger partial charge in [-0.15, -0.1) is 4.99 Å². The molecule has 1 aliphatic heterocycles. The number of rotatable bonds is 6. The van der Waals surface area contributed by atoms with Crippen LogP contribution in [0.3, 0.4) is 0 Å². The average molecular weight is 305 g/mol. The van der Waals surface area contributed by atoms with Crippen LogP contribution in [0.5, 0.6) is 0 Å². The first-order valence-corrected chi connectivity index (χ1v) is 7.48. The number of nitrogens with two attached hydrogens (primary N) is 1. The van der Waals surface area contributed by atoms with Crippen LogP contribution in [0.4, 0.5) is 0 Å². The highest BCUT2D eigenvalue weighted by molar-refractivity contribution is 5.82. The molecule has 0 bridgehead atoms. The summed E-state index contributed by atoms with van der Waals surface area (Å²) in [5, 5.41) is 23.2. The van der Waals surface area contributed by atoms with E-state index in [1.807, 2.05) is 0 Å². The Balaban J connectivity index is 2.25. The van der Waals surface area contributed by atoms with Crippen molar-refractivity contribution in [3.05, 3.63) is 0 Å². The number of amides is 1. The summed E-state index contributed by atoms with van der Waals surface area (Å²) in [4.78, 5) is 17.3. The first-order valence-electron chi connectivity index (χ1n) is 7.48. The van der Waals surface area contributed by atoms with Gasteiger partial charge >= 0.3 is 0 Å². The second kappa shape index (κ2) is 9.59. The molecule has 2 atom stereocenters. The molecule has 0 radical (unpaired) electrons. The Hall–Kier alpha value is -2.32. The van der Waals surface area contributed by atoms with Crippen LogP contribution < -0.4 is 16.4 Å². The Morgan fingerprint density at radius 2 is 2.27 bits per heavy atom. The van der Waals surface area contributed by atoms with E-state index in [0.29, 0.717) is 25.5 Å². The lowest BCUT2D eigenvalue weighted by atomic mass is 10.1. The molecule has 1 amide bonds. The van der Waals surface area contributed by atoms with Crippen molar-refractivity contribution in [3.63, 3.8) is 0 Å². The summed E-state index contributed by atoms with van der Waals surface area (Å²) in [6, 6.07) is 1.28. The smallest absolute Gasteiger partial charge is 0.240 e. The fourth-order valence-electron chi connectivity index (χ4n) is 2.43. The SMILES string of the molecule is CN/C(=N/C#N)NCCCC[C@H](N)C(=O)N1CCC[C@H]1C#N. The Labute approximate surface area is 131 Å². The number of aliphatic imine (C=N–C) groups is 1. The Kier molecular flexibility index (Phi) is 7.73. The highest BCUT2D eigenvalue weighted by Gasteiger charge is 2.31. The lowest BCUT2D eigenvalue weighted by Crippen LogP contribution is -2.45. The molecule has 0 aromatic rings. The summed E-state index contributed by atoms with van der Waals surface area (Å²) < 4.78 is 0. The molecular formula is C14H23N7O. The van der Waals surface area contributed by atoms with Gasteiger partial charge in [-0.05, 0) is 32.1 Å². The van der Waals surface area contributed by atoms with Gasteiger partial charge in [-0.1, -0.05) is 0 Å². The van der Waals surface area contributed by atoms with E-state index in [1.54, 1.807) is 18.1 Å². The minimum atomic E-state index is -0.550. The maximum atomic E-state index is 12.2. The third-order valence-corrected chi connectivity index (χ3v) is 3.64. The summed E-state index contributed by atoms with van der Waals surface area (Å²) in [6.45, 7) is 1.27. The topological polar surface area (TPSA) is 130 Å². The number of unbranched alkanes of at least 4 members (excludes halogenated alkanes) is 1. The number of likely N-dealkylation sites (tertiary alicyclic amines) is 1. The third kappa shape index (κ3) is 5.23. The minimum Gasteiger partial charge on any atom is -0.359 e. The van der Waals surface area contributed by atoms with Gasteiger partial charge in [-0.25, -0.2) is 0 Å². The van der Waals surface area contributed by atoms with Gasteiger partial charge in [0.25, 0.3) is 0 Å². The molecule has 1 rings (SSSR count). The molecule has 0 unspecified atom stereocenters. The van der Waals surface area contributed by atoms with Crippen molar-refractivity contribution in [2.75, 3.05) is 20.1 Å². The number of nitrogens with zero attached hydrogens (tertiary/aromatic N) is 4. The van der Waals surface area contributed by atoms with Gasteiger partial charge in [0.1, 0.15) is 6.04 Å². The molecule has 0 saturated carbocycles. The van der Waals surface area contributed by atoms with Crippen LogP contribution in [0, 0.1) is 22.8 Å². The maximum absolute atomic E-state index is 12.2. The molecule has 0 aromatic carbocycles. The van der Waals surface area contributed by atoms with Crippen molar-refractivity contribution in [3.8, 4) is 12.3 Å². The quantitative estimate of drug-likeness (QED) is 0.266. The molecule has 0 aromatic heterocycles. The van der Waals surface area contributed by atoms with Crippen LogP contribution in [-0.2, 0) is 4.79 Å². The van der Waals surface area contributed by atoms with E-state index in [-0.39, 0.29) is 11.9 Å². The zero-order valence-electron chi connectivity index (χ0n) is 12.9. The maximum Gasteiger partial charge on any atom is 0.240 e. The van der Waals surface area contributed by atoms with E-state index in [2.05, 4.69) is 21.7 Å². The zero-order chi connectivity index (χ0) is 16.4. The summed E-state index contributed by atoms with van der Waals surface area (Å²) in [5.41, 5.74) is 5.93. The van der Waals surface area contributed by atoms with Crippen LogP contribution in [0.25, 0.3) is 0 Å². The van der Waals surface area contributed by atoms with E-state index in [1.165, 1.54) is 0 Å². The molecule has 1 aliphatic rings. The van der Waals surface area contributed by atoms with Gasteiger partial charge < -0.3 is 21.3 Å². The molecular weight excluding hydrogens is 282 g/mol. The average Bonchev–Trinajstić information content (AvgIpc) is 3.01. The molecule has 1 fully saturated rings. The molecule has 120 valence electrons. The molecule has 1 saturated heterocycles. The standard InChI is InChI=1S/C14H23N7O/c1-18-14(20-10-16)19-7-3-2-6-12(17)13(22)21-8-4-5-11(21)9-15/h11-12H,2-8,17H2,1H3,(H2,18,19,20)/t11-,12-/m0/s1. The van der Waals surface area contributed by atoms with E-state index < -0.39 is 6.04 Å². The van der Waals surface area contributed by atoms with Crippen molar-refractivity contribution < 1.29 is 4.79 Å². The third-order valence-electron chi connectivity index (χ3n) is 3.64. The predicted molar refractivity (Wildman–Crippen MR) is 82.3 cm³/mol. The number of nitrogens with one attached hydrogen (secondary N) is 2. The van der Waals surface area contributed by atoms with Crippen LogP contribution in [-0.4, -0.2) is 49.0 Å². The van der Waals surface area contributed by atoms with Gasteiger partial charge in [0.2, 0.25) is 18.1 Å². The normalized spacial score (nSPS) is 19.2. The van der Waals surface area contributed by atoms with Crippen molar-refractivity contribution in [2.45, 2.75) is 44.2 Å². The molecule has 8 nitrogen and oxygen atoms in total. The minimum absolute atomic E-state index is 0.126. The van der Waals surface area contributed by atoms with Crippen LogP contribution in [0.15, 0.2) is 4.99 Å². The number of carbonyl (C=O) groups is 1. The van der Waals surface area contributed by atoms with Crippen LogP contribution in [0.2, 0.25) is 0 Å².